The monoisotopic (exact) mass is 324 g/mol. The first-order chi connectivity index (χ1) is 11.8. The lowest BCUT2D eigenvalue weighted by Gasteiger charge is -2.23. The van der Waals surface area contributed by atoms with Crippen molar-refractivity contribution in [2.45, 2.75) is 6.10 Å². The van der Waals surface area contributed by atoms with Crippen LogP contribution in [0, 0.1) is 5.82 Å². The lowest BCUT2D eigenvalue weighted by molar-refractivity contribution is 0.0277. The van der Waals surface area contributed by atoms with Crippen molar-refractivity contribution in [1.82, 2.24) is 20.5 Å². The third kappa shape index (κ3) is 3.06. The van der Waals surface area contributed by atoms with Gasteiger partial charge in [-0.2, -0.15) is 5.10 Å². The maximum atomic E-state index is 13.0. The van der Waals surface area contributed by atoms with Gasteiger partial charge < -0.3 is 10.1 Å². The molecule has 0 amide bonds. The van der Waals surface area contributed by atoms with Gasteiger partial charge in [0.05, 0.1) is 12.7 Å². The summed E-state index contributed by atoms with van der Waals surface area (Å²) in [6, 6.07) is 14.2. The SMILES string of the molecule is Fc1ccc(-c2nc(-c3ccc(C4CNCCO4)cc3)n[nH]2)cc1. The highest BCUT2D eigenvalue weighted by atomic mass is 19.1. The quantitative estimate of drug-likeness (QED) is 0.777. The fourth-order valence-electron chi connectivity index (χ4n) is 2.75. The van der Waals surface area contributed by atoms with Crippen molar-refractivity contribution in [2.75, 3.05) is 19.7 Å². The molecule has 1 atom stereocenters. The minimum Gasteiger partial charge on any atom is -0.371 e. The molecule has 1 aliphatic rings. The van der Waals surface area contributed by atoms with E-state index in [4.69, 9.17) is 4.74 Å². The van der Waals surface area contributed by atoms with Gasteiger partial charge in [-0.3, -0.25) is 5.10 Å². The highest BCUT2D eigenvalue weighted by Gasteiger charge is 2.16. The van der Waals surface area contributed by atoms with Crippen LogP contribution < -0.4 is 5.32 Å². The van der Waals surface area contributed by atoms with Crippen LogP contribution in [-0.4, -0.2) is 34.9 Å². The Hall–Kier alpha value is -2.57. The summed E-state index contributed by atoms with van der Waals surface area (Å²) in [6.07, 6.45) is 0.0923. The molecule has 1 fully saturated rings. The Kier molecular flexibility index (Phi) is 4.06. The van der Waals surface area contributed by atoms with E-state index in [0.717, 1.165) is 36.4 Å². The third-order valence-electron chi connectivity index (χ3n) is 4.07. The summed E-state index contributed by atoms with van der Waals surface area (Å²) in [7, 11) is 0. The summed E-state index contributed by atoms with van der Waals surface area (Å²) < 4.78 is 18.8. The molecule has 1 aromatic heterocycles. The Balaban J connectivity index is 1.54. The molecule has 4 rings (SSSR count). The number of halogens is 1. The van der Waals surface area contributed by atoms with E-state index in [1.807, 2.05) is 24.3 Å². The Labute approximate surface area is 138 Å². The van der Waals surface area contributed by atoms with Crippen LogP contribution in [0.3, 0.4) is 0 Å². The van der Waals surface area contributed by atoms with Gasteiger partial charge in [0.1, 0.15) is 5.82 Å². The van der Waals surface area contributed by atoms with Crippen molar-refractivity contribution in [3.05, 3.63) is 59.9 Å². The van der Waals surface area contributed by atoms with Crippen LogP contribution in [0.4, 0.5) is 4.39 Å². The summed E-state index contributed by atoms with van der Waals surface area (Å²) in [5.74, 6) is 0.964. The number of hydrogen-bond acceptors (Lipinski definition) is 4. The molecule has 0 saturated carbocycles. The van der Waals surface area contributed by atoms with Gasteiger partial charge in [-0.25, -0.2) is 9.37 Å². The van der Waals surface area contributed by atoms with Gasteiger partial charge in [0.25, 0.3) is 0 Å². The Morgan fingerprint density at radius 1 is 1.00 bits per heavy atom. The number of nitrogens with zero attached hydrogens (tertiary/aromatic N) is 2. The number of hydrogen-bond donors (Lipinski definition) is 2. The van der Waals surface area contributed by atoms with Crippen LogP contribution in [0.2, 0.25) is 0 Å². The Bertz CT molecular complexity index is 808. The number of benzene rings is 2. The predicted octanol–water partition coefficient (Wildman–Crippen LogP) is 2.94. The molecule has 0 radical (unpaired) electrons. The van der Waals surface area contributed by atoms with Gasteiger partial charge in [0.15, 0.2) is 11.6 Å². The fraction of sp³-hybridized carbons (Fsp3) is 0.222. The van der Waals surface area contributed by atoms with Crippen LogP contribution in [0.1, 0.15) is 11.7 Å². The molecule has 122 valence electrons. The number of aromatic nitrogens is 3. The highest BCUT2D eigenvalue weighted by Crippen LogP contribution is 2.24. The molecular weight excluding hydrogens is 307 g/mol. The first kappa shape index (κ1) is 15.0. The highest BCUT2D eigenvalue weighted by molar-refractivity contribution is 5.61. The first-order valence-electron chi connectivity index (χ1n) is 7.90. The minimum atomic E-state index is -0.270. The molecule has 0 spiro atoms. The molecule has 0 bridgehead atoms. The zero-order valence-electron chi connectivity index (χ0n) is 13.0. The van der Waals surface area contributed by atoms with Gasteiger partial charge in [-0.05, 0) is 29.8 Å². The number of ether oxygens (including phenoxy) is 1. The topological polar surface area (TPSA) is 62.8 Å². The number of morpholine rings is 1. The standard InChI is InChI=1S/C18H17FN4O/c19-15-7-5-14(6-8-15)18-21-17(22-23-18)13-3-1-12(2-4-13)16-11-20-9-10-24-16/h1-8,16,20H,9-11H2,(H,21,22,23). The number of rotatable bonds is 3. The largest absolute Gasteiger partial charge is 0.371 e. The molecular formula is C18H17FN4O. The Morgan fingerprint density at radius 3 is 2.46 bits per heavy atom. The summed E-state index contributed by atoms with van der Waals surface area (Å²) in [4.78, 5) is 4.49. The van der Waals surface area contributed by atoms with E-state index in [1.54, 1.807) is 12.1 Å². The molecule has 1 unspecified atom stereocenters. The van der Waals surface area contributed by atoms with Gasteiger partial charge >= 0.3 is 0 Å². The average molecular weight is 324 g/mol. The number of nitrogens with one attached hydrogen (secondary N) is 2. The molecule has 5 nitrogen and oxygen atoms in total. The van der Waals surface area contributed by atoms with Crippen LogP contribution in [0.5, 0.6) is 0 Å². The molecule has 3 aromatic rings. The summed E-state index contributed by atoms with van der Waals surface area (Å²) in [6.45, 7) is 2.46. The lowest BCUT2D eigenvalue weighted by Crippen LogP contribution is -2.33. The van der Waals surface area contributed by atoms with Gasteiger partial charge in [0, 0.05) is 24.2 Å². The van der Waals surface area contributed by atoms with E-state index in [1.165, 1.54) is 12.1 Å². The molecule has 6 heteroatoms. The van der Waals surface area contributed by atoms with Crippen LogP contribution in [-0.2, 0) is 4.74 Å². The minimum absolute atomic E-state index is 0.0923. The van der Waals surface area contributed by atoms with Gasteiger partial charge in [0.2, 0.25) is 0 Å². The van der Waals surface area contributed by atoms with E-state index in [-0.39, 0.29) is 11.9 Å². The summed E-state index contributed by atoms with van der Waals surface area (Å²) >= 11 is 0. The number of H-pyrrole nitrogens is 1. The van der Waals surface area contributed by atoms with E-state index in [9.17, 15) is 4.39 Å². The molecule has 0 aliphatic carbocycles. The van der Waals surface area contributed by atoms with Crippen molar-refractivity contribution < 1.29 is 9.13 Å². The van der Waals surface area contributed by atoms with E-state index >= 15 is 0 Å². The van der Waals surface area contributed by atoms with E-state index < -0.39 is 0 Å². The predicted molar refractivity (Wildman–Crippen MR) is 88.8 cm³/mol. The van der Waals surface area contributed by atoms with Gasteiger partial charge in [-0.15, -0.1) is 0 Å². The molecule has 1 aliphatic heterocycles. The molecule has 24 heavy (non-hydrogen) atoms. The van der Waals surface area contributed by atoms with Gasteiger partial charge in [-0.1, -0.05) is 24.3 Å². The second kappa shape index (κ2) is 6.51. The maximum Gasteiger partial charge on any atom is 0.181 e. The second-order valence-corrected chi connectivity index (χ2v) is 5.70. The molecule has 2 heterocycles. The molecule has 1 saturated heterocycles. The van der Waals surface area contributed by atoms with Crippen molar-refractivity contribution in [3.63, 3.8) is 0 Å². The lowest BCUT2D eigenvalue weighted by atomic mass is 10.1. The third-order valence-corrected chi connectivity index (χ3v) is 4.07. The zero-order chi connectivity index (χ0) is 16.4. The van der Waals surface area contributed by atoms with Crippen LogP contribution in [0.25, 0.3) is 22.8 Å². The fourth-order valence-corrected chi connectivity index (χ4v) is 2.75. The van der Waals surface area contributed by atoms with Crippen molar-refractivity contribution in [3.8, 4) is 22.8 Å². The van der Waals surface area contributed by atoms with Crippen molar-refractivity contribution >= 4 is 0 Å². The van der Waals surface area contributed by atoms with E-state index in [0.29, 0.717) is 11.6 Å². The second-order valence-electron chi connectivity index (χ2n) is 5.70. The molecule has 2 N–H and O–H groups in total. The summed E-state index contributed by atoms with van der Waals surface area (Å²) in [5.41, 5.74) is 2.86. The van der Waals surface area contributed by atoms with Crippen LogP contribution in [0.15, 0.2) is 48.5 Å². The smallest absolute Gasteiger partial charge is 0.181 e. The van der Waals surface area contributed by atoms with Crippen LogP contribution >= 0.6 is 0 Å². The number of aromatic amines is 1. The maximum absolute atomic E-state index is 13.0. The molecule has 2 aromatic carbocycles. The zero-order valence-corrected chi connectivity index (χ0v) is 13.0. The first-order valence-corrected chi connectivity index (χ1v) is 7.90. The van der Waals surface area contributed by atoms with Crippen molar-refractivity contribution in [2.24, 2.45) is 0 Å². The summed E-state index contributed by atoms with van der Waals surface area (Å²) in [5, 5.41) is 10.5. The average Bonchev–Trinajstić information content (AvgIpc) is 3.13. The Morgan fingerprint density at radius 2 is 1.75 bits per heavy atom. The normalized spacial score (nSPS) is 17.8. The van der Waals surface area contributed by atoms with E-state index in [2.05, 4.69) is 20.5 Å². The van der Waals surface area contributed by atoms with Crippen molar-refractivity contribution in [1.29, 1.82) is 0 Å².